The molecule has 0 aliphatic rings. The smallest absolute Gasteiger partial charge is 0.406 e. The number of halogens is 3. The monoisotopic (exact) mass is 341 g/mol. The predicted octanol–water partition coefficient (Wildman–Crippen LogP) is 2.28. The van der Waals surface area contributed by atoms with Gasteiger partial charge in [0, 0.05) is 25.5 Å². The summed E-state index contributed by atoms with van der Waals surface area (Å²) in [4.78, 5) is 4.13. The van der Waals surface area contributed by atoms with Crippen molar-refractivity contribution < 1.29 is 17.9 Å². The zero-order chi connectivity index (χ0) is 17.4. The van der Waals surface area contributed by atoms with Crippen LogP contribution in [-0.4, -0.2) is 28.6 Å². The second-order valence-electron chi connectivity index (χ2n) is 4.94. The van der Waals surface area contributed by atoms with E-state index in [1.54, 1.807) is 6.20 Å². The average Bonchev–Trinajstić information content (AvgIpc) is 3.03. The van der Waals surface area contributed by atoms with E-state index < -0.39 is 6.36 Å². The minimum atomic E-state index is -4.69. The topological polar surface area (TPSA) is 77.5 Å². The third kappa shape index (κ3) is 6.59. The van der Waals surface area contributed by atoms with Gasteiger partial charge in [-0.3, -0.25) is 4.68 Å². The summed E-state index contributed by atoms with van der Waals surface area (Å²) in [6, 6.07) is 7.36. The van der Waals surface area contributed by atoms with Crippen LogP contribution in [0.4, 0.5) is 13.2 Å². The molecule has 0 bridgehead atoms. The fourth-order valence-electron chi connectivity index (χ4n) is 1.92. The summed E-state index contributed by atoms with van der Waals surface area (Å²) in [5.74, 6) is 0.0195. The molecule has 0 fully saturated rings. The summed E-state index contributed by atoms with van der Waals surface area (Å²) in [5, 5.41) is 7.06. The molecule has 1 aromatic heterocycles. The van der Waals surface area contributed by atoms with Crippen LogP contribution >= 0.6 is 0 Å². The number of hydrogen-bond donors (Lipinski definition) is 2. The number of aromatic nitrogens is 2. The molecule has 0 atom stereocenters. The summed E-state index contributed by atoms with van der Waals surface area (Å²) >= 11 is 0. The fourth-order valence-corrected chi connectivity index (χ4v) is 1.92. The van der Waals surface area contributed by atoms with Crippen molar-refractivity contribution in [2.24, 2.45) is 10.7 Å². The Bertz CT molecular complexity index is 638. The van der Waals surface area contributed by atoms with Gasteiger partial charge in [-0.2, -0.15) is 5.10 Å². The molecule has 0 amide bonds. The second-order valence-corrected chi connectivity index (χ2v) is 4.94. The fraction of sp³-hybridized carbons (Fsp3) is 0.333. The van der Waals surface area contributed by atoms with Crippen LogP contribution in [0.1, 0.15) is 12.0 Å². The summed E-state index contributed by atoms with van der Waals surface area (Å²) in [7, 11) is 0. The molecule has 6 nitrogen and oxygen atoms in total. The van der Waals surface area contributed by atoms with Crippen LogP contribution in [0, 0.1) is 0 Å². The molecule has 0 saturated carbocycles. The molecule has 24 heavy (non-hydrogen) atoms. The highest BCUT2D eigenvalue weighted by atomic mass is 19.4. The van der Waals surface area contributed by atoms with Crippen LogP contribution in [0.25, 0.3) is 0 Å². The molecule has 2 rings (SSSR count). The number of nitrogens with two attached hydrogens (primary N) is 1. The minimum absolute atomic E-state index is 0.264. The molecule has 9 heteroatoms. The molecular weight excluding hydrogens is 323 g/mol. The second kappa shape index (κ2) is 8.23. The molecule has 3 N–H and O–H groups in total. The molecule has 1 heterocycles. The Balaban J connectivity index is 1.71. The average molecular weight is 341 g/mol. The molecule has 0 aliphatic heterocycles. The third-order valence-corrected chi connectivity index (χ3v) is 3.02. The zero-order valence-electron chi connectivity index (χ0n) is 12.8. The molecule has 130 valence electrons. The lowest BCUT2D eigenvalue weighted by atomic mass is 10.2. The number of benzene rings is 1. The van der Waals surface area contributed by atoms with Crippen LogP contribution in [-0.2, 0) is 13.1 Å². The van der Waals surface area contributed by atoms with Gasteiger partial charge in [0.15, 0.2) is 5.96 Å². The Morgan fingerprint density at radius 3 is 2.67 bits per heavy atom. The largest absolute Gasteiger partial charge is 0.573 e. The van der Waals surface area contributed by atoms with Crippen molar-refractivity contribution in [1.29, 1.82) is 0 Å². The molecule has 0 saturated heterocycles. The van der Waals surface area contributed by atoms with Crippen molar-refractivity contribution in [2.75, 3.05) is 6.54 Å². The molecule has 0 spiro atoms. The van der Waals surface area contributed by atoms with Crippen LogP contribution in [0.5, 0.6) is 5.75 Å². The molecule has 0 aliphatic carbocycles. The molecule has 0 unspecified atom stereocenters. The van der Waals surface area contributed by atoms with Gasteiger partial charge in [-0.25, -0.2) is 4.99 Å². The van der Waals surface area contributed by atoms with E-state index in [2.05, 4.69) is 20.1 Å². The number of rotatable bonds is 7. The summed E-state index contributed by atoms with van der Waals surface area (Å²) in [6.45, 7) is 1.69. The lowest BCUT2D eigenvalue weighted by Crippen LogP contribution is -2.32. The van der Waals surface area contributed by atoms with Gasteiger partial charge in [0.1, 0.15) is 5.75 Å². The molecular formula is C15H18F3N5O. The highest BCUT2D eigenvalue weighted by Crippen LogP contribution is 2.22. The highest BCUT2D eigenvalue weighted by Gasteiger charge is 2.30. The van der Waals surface area contributed by atoms with Crippen LogP contribution < -0.4 is 15.8 Å². The number of ether oxygens (including phenoxy) is 1. The van der Waals surface area contributed by atoms with Crippen molar-refractivity contribution in [3.63, 3.8) is 0 Å². The van der Waals surface area contributed by atoms with Crippen molar-refractivity contribution in [3.8, 4) is 5.75 Å². The number of aryl methyl sites for hydroxylation is 1. The Kier molecular flexibility index (Phi) is 6.05. The Hall–Kier alpha value is -2.71. The summed E-state index contributed by atoms with van der Waals surface area (Å²) < 4.78 is 41.8. The number of aliphatic imine (C=N–C) groups is 1. The van der Waals surface area contributed by atoms with E-state index in [0.29, 0.717) is 6.54 Å². The van der Waals surface area contributed by atoms with Gasteiger partial charge in [0.2, 0.25) is 0 Å². The number of nitrogens with one attached hydrogen (secondary N) is 1. The Labute approximate surface area is 137 Å². The van der Waals surface area contributed by atoms with Crippen molar-refractivity contribution in [1.82, 2.24) is 15.1 Å². The first-order valence-corrected chi connectivity index (χ1v) is 7.28. The maximum atomic E-state index is 12.1. The highest BCUT2D eigenvalue weighted by molar-refractivity contribution is 5.77. The van der Waals surface area contributed by atoms with Gasteiger partial charge in [0.25, 0.3) is 0 Å². The van der Waals surface area contributed by atoms with Gasteiger partial charge in [-0.15, -0.1) is 13.2 Å². The number of hydrogen-bond acceptors (Lipinski definition) is 3. The maximum Gasteiger partial charge on any atom is 0.573 e. The van der Waals surface area contributed by atoms with Gasteiger partial charge in [-0.05, 0) is 30.2 Å². The summed E-state index contributed by atoms with van der Waals surface area (Å²) in [5.41, 5.74) is 6.46. The number of nitrogens with zero attached hydrogens (tertiary/aromatic N) is 3. The van der Waals surface area contributed by atoms with Crippen molar-refractivity contribution in [2.45, 2.75) is 25.9 Å². The summed E-state index contributed by atoms with van der Waals surface area (Å²) in [6.07, 6.45) is -0.260. The first-order valence-electron chi connectivity index (χ1n) is 7.28. The van der Waals surface area contributed by atoms with E-state index in [-0.39, 0.29) is 18.3 Å². The zero-order valence-corrected chi connectivity index (χ0v) is 12.8. The predicted molar refractivity (Wildman–Crippen MR) is 83.3 cm³/mol. The molecule has 2 aromatic rings. The maximum absolute atomic E-state index is 12.1. The Morgan fingerprint density at radius 2 is 2.04 bits per heavy atom. The first-order chi connectivity index (χ1) is 11.4. The van der Waals surface area contributed by atoms with E-state index in [0.717, 1.165) is 18.5 Å². The van der Waals surface area contributed by atoms with Crippen LogP contribution in [0.3, 0.4) is 0 Å². The van der Waals surface area contributed by atoms with E-state index in [1.807, 2.05) is 16.9 Å². The van der Waals surface area contributed by atoms with Crippen LogP contribution in [0.15, 0.2) is 47.7 Å². The standard InChI is InChI=1S/C15H18F3N5O/c16-15(17,18)24-13-5-3-12(4-6-13)11-21-14(19)20-7-1-9-23-10-2-8-22-23/h2-6,8,10H,1,7,9,11H2,(H3,19,20,21). The molecule has 0 radical (unpaired) electrons. The van der Waals surface area contributed by atoms with Crippen molar-refractivity contribution in [3.05, 3.63) is 48.3 Å². The number of guanidine groups is 1. The van der Waals surface area contributed by atoms with E-state index in [9.17, 15) is 13.2 Å². The van der Waals surface area contributed by atoms with E-state index >= 15 is 0 Å². The van der Waals surface area contributed by atoms with Gasteiger partial charge in [0.05, 0.1) is 6.54 Å². The third-order valence-electron chi connectivity index (χ3n) is 3.02. The number of alkyl halides is 3. The van der Waals surface area contributed by atoms with Crippen LogP contribution in [0.2, 0.25) is 0 Å². The quantitative estimate of drug-likeness (QED) is 0.460. The SMILES string of the molecule is NC(=NCc1ccc(OC(F)(F)F)cc1)NCCCn1cccn1. The van der Waals surface area contributed by atoms with E-state index in [4.69, 9.17) is 5.73 Å². The normalized spacial score (nSPS) is 12.2. The lowest BCUT2D eigenvalue weighted by Gasteiger charge is -2.09. The van der Waals surface area contributed by atoms with Crippen molar-refractivity contribution >= 4 is 5.96 Å². The lowest BCUT2D eigenvalue weighted by molar-refractivity contribution is -0.274. The Morgan fingerprint density at radius 1 is 1.29 bits per heavy atom. The van der Waals surface area contributed by atoms with Gasteiger partial charge in [-0.1, -0.05) is 12.1 Å². The minimum Gasteiger partial charge on any atom is -0.406 e. The van der Waals surface area contributed by atoms with Gasteiger partial charge < -0.3 is 15.8 Å². The first kappa shape index (κ1) is 17.6. The van der Waals surface area contributed by atoms with Gasteiger partial charge >= 0.3 is 6.36 Å². The van der Waals surface area contributed by atoms with E-state index in [1.165, 1.54) is 24.3 Å². The molecule has 1 aromatic carbocycles.